The van der Waals surface area contributed by atoms with Gasteiger partial charge in [-0.2, -0.15) is 4.31 Å². The van der Waals surface area contributed by atoms with Crippen LogP contribution < -0.4 is 10.1 Å². The normalized spacial score (nSPS) is 21.9. The number of carbonyl (C=O) groups is 1. The van der Waals surface area contributed by atoms with Crippen LogP contribution in [0.4, 0.5) is 0 Å². The number of sulfonamides is 1. The molecule has 7 nitrogen and oxygen atoms in total. The summed E-state index contributed by atoms with van der Waals surface area (Å²) in [5.74, 6) is 0.430. The molecule has 8 heteroatoms. The Labute approximate surface area is 143 Å². The largest absolute Gasteiger partial charge is 0.497 e. The lowest BCUT2D eigenvalue weighted by Crippen LogP contribution is -2.43. The summed E-state index contributed by atoms with van der Waals surface area (Å²) in [6.07, 6.45) is 1.20. The summed E-state index contributed by atoms with van der Waals surface area (Å²) in [5, 5.41) is 2.98. The van der Waals surface area contributed by atoms with E-state index in [0.717, 1.165) is 0 Å². The summed E-state index contributed by atoms with van der Waals surface area (Å²) in [6, 6.07) is 6.68. The van der Waals surface area contributed by atoms with Gasteiger partial charge in [-0.05, 0) is 32.3 Å². The van der Waals surface area contributed by atoms with Gasteiger partial charge in [0.1, 0.15) is 5.75 Å². The van der Waals surface area contributed by atoms with Gasteiger partial charge >= 0.3 is 0 Å². The van der Waals surface area contributed by atoms with Crippen molar-refractivity contribution in [3.8, 4) is 5.75 Å². The first-order valence-corrected chi connectivity index (χ1v) is 9.60. The van der Waals surface area contributed by atoms with Gasteiger partial charge in [-0.25, -0.2) is 8.42 Å². The molecular weight excluding hydrogens is 330 g/mol. The van der Waals surface area contributed by atoms with Gasteiger partial charge in [-0.3, -0.25) is 4.79 Å². The van der Waals surface area contributed by atoms with E-state index < -0.39 is 10.0 Å². The topological polar surface area (TPSA) is 79.0 Å². The first kappa shape index (κ1) is 18.7. The number of rotatable bonds is 6. The number of hydrogen-bond acceptors (Lipinski definition) is 5. The first-order valence-electron chi connectivity index (χ1n) is 7.75. The molecule has 1 aromatic carbocycles. The molecule has 1 heterocycles. The molecule has 0 radical (unpaired) electrons. The summed E-state index contributed by atoms with van der Waals surface area (Å²) in [4.78, 5) is 14.5. The molecule has 1 aliphatic heterocycles. The fraction of sp³-hybridized carbons (Fsp3) is 0.562. The Kier molecular flexibility index (Phi) is 5.84. The van der Waals surface area contributed by atoms with Crippen LogP contribution in [0.5, 0.6) is 5.75 Å². The lowest BCUT2D eigenvalue weighted by molar-refractivity contribution is 0.0927. The Hall–Kier alpha value is -1.64. The van der Waals surface area contributed by atoms with E-state index >= 15 is 0 Å². The van der Waals surface area contributed by atoms with Crippen LogP contribution in [0.25, 0.3) is 0 Å². The second-order valence-electron chi connectivity index (χ2n) is 6.41. The van der Waals surface area contributed by atoms with Crippen LogP contribution in [-0.4, -0.2) is 76.7 Å². The van der Waals surface area contributed by atoms with Crippen LogP contribution in [0.3, 0.4) is 0 Å². The van der Waals surface area contributed by atoms with E-state index in [1.807, 2.05) is 19.0 Å². The standard InChI is InChI=1S/C16H25N3O4S/c1-18(2)9-13-10-19(24(4,21)22)11-15(13)17-16(20)12-6-5-7-14(8-12)23-3/h5-8,13,15H,9-11H2,1-4H3,(H,17,20)/t13-,15-/m1/s1. The number of amides is 1. The maximum Gasteiger partial charge on any atom is 0.251 e. The SMILES string of the molecule is COc1cccc(C(=O)N[C@@H]2CN(S(C)(=O)=O)C[C@H]2CN(C)C)c1. The van der Waals surface area contributed by atoms with Crippen molar-refractivity contribution in [3.63, 3.8) is 0 Å². The summed E-state index contributed by atoms with van der Waals surface area (Å²) >= 11 is 0. The summed E-state index contributed by atoms with van der Waals surface area (Å²) in [7, 11) is 2.14. The Balaban J connectivity index is 2.13. The second kappa shape index (κ2) is 7.50. The molecule has 0 aromatic heterocycles. The molecular formula is C16H25N3O4S. The maximum absolute atomic E-state index is 12.5. The molecule has 0 bridgehead atoms. The zero-order valence-electron chi connectivity index (χ0n) is 14.5. The number of nitrogens with one attached hydrogen (secondary N) is 1. The minimum absolute atomic E-state index is 0.0456. The summed E-state index contributed by atoms with van der Waals surface area (Å²) in [6.45, 7) is 1.42. The average molecular weight is 355 g/mol. The Morgan fingerprint density at radius 2 is 2.08 bits per heavy atom. The summed E-state index contributed by atoms with van der Waals surface area (Å²) < 4.78 is 30.2. The fourth-order valence-corrected chi connectivity index (χ4v) is 3.83. The molecule has 1 amide bonds. The number of ether oxygens (including phenoxy) is 1. The molecule has 0 unspecified atom stereocenters. The lowest BCUT2D eigenvalue weighted by atomic mass is 10.0. The van der Waals surface area contributed by atoms with Crippen LogP contribution >= 0.6 is 0 Å². The molecule has 1 aromatic rings. The smallest absolute Gasteiger partial charge is 0.251 e. The highest BCUT2D eigenvalue weighted by molar-refractivity contribution is 7.88. The first-order chi connectivity index (χ1) is 11.2. The Morgan fingerprint density at radius 1 is 1.38 bits per heavy atom. The Bertz CT molecular complexity index is 690. The number of carbonyl (C=O) groups excluding carboxylic acids is 1. The molecule has 1 aliphatic rings. The quantitative estimate of drug-likeness (QED) is 0.791. The van der Waals surface area contributed by atoms with E-state index in [-0.39, 0.29) is 17.9 Å². The van der Waals surface area contributed by atoms with Crippen molar-refractivity contribution in [2.24, 2.45) is 5.92 Å². The van der Waals surface area contributed by atoms with Crippen molar-refractivity contribution in [3.05, 3.63) is 29.8 Å². The molecule has 0 aliphatic carbocycles. The molecule has 1 N–H and O–H groups in total. The molecule has 0 saturated carbocycles. The molecule has 1 fully saturated rings. The van der Waals surface area contributed by atoms with Crippen molar-refractivity contribution >= 4 is 15.9 Å². The number of hydrogen-bond donors (Lipinski definition) is 1. The van der Waals surface area contributed by atoms with E-state index in [4.69, 9.17) is 4.74 Å². The van der Waals surface area contributed by atoms with Crippen molar-refractivity contribution in [2.45, 2.75) is 6.04 Å². The predicted octanol–water partition coefficient (Wildman–Crippen LogP) is 0.247. The Morgan fingerprint density at radius 3 is 2.67 bits per heavy atom. The number of benzene rings is 1. The van der Waals surface area contributed by atoms with Crippen LogP contribution in [0, 0.1) is 5.92 Å². The van der Waals surface area contributed by atoms with E-state index in [2.05, 4.69) is 5.32 Å². The highest BCUT2D eigenvalue weighted by atomic mass is 32.2. The van der Waals surface area contributed by atoms with Crippen molar-refractivity contribution in [2.75, 3.05) is 47.1 Å². The average Bonchev–Trinajstić information content (AvgIpc) is 2.89. The van der Waals surface area contributed by atoms with Crippen molar-refractivity contribution in [1.82, 2.24) is 14.5 Å². The third-order valence-corrected chi connectivity index (χ3v) is 5.36. The predicted molar refractivity (Wildman–Crippen MR) is 92.7 cm³/mol. The minimum Gasteiger partial charge on any atom is -0.497 e. The van der Waals surface area contributed by atoms with Crippen LogP contribution in [0.1, 0.15) is 10.4 Å². The van der Waals surface area contributed by atoms with Gasteiger partial charge in [0.05, 0.1) is 13.4 Å². The molecule has 134 valence electrons. The van der Waals surface area contributed by atoms with E-state index in [1.165, 1.54) is 10.6 Å². The minimum atomic E-state index is -3.27. The van der Waals surface area contributed by atoms with Crippen LogP contribution in [0.2, 0.25) is 0 Å². The van der Waals surface area contributed by atoms with E-state index in [9.17, 15) is 13.2 Å². The highest BCUT2D eigenvalue weighted by Gasteiger charge is 2.38. The zero-order valence-corrected chi connectivity index (χ0v) is 15.3. The van der Waals surface area contributed by atoms with Crippen LogP contribution in [0.15, 0.2) is 24.3 Å². The number of methoxy groups -OCH3 is 1. The van der Waals surface area contributed by atoms with Crippen molar-refractivity contribution in [1.29, 1.82) is 0 Å². The zero-order chi connectivity index (χ0) is 17.9. The molecule has 2 atom stereocenters. The molecule has 24 heavy (non-hydrogen) atoms. The van der Waals surface area contributed by atoms with E-state index in [1.54, 1.807) is 31.4 Å². The lowest BCUT2D eigenvalue weighted by Gasteiger charge is -2.22. The third kappa shape index (κ3) is 4.68. The highest BCUT2D eigenvalue weighted by Crippen LogP contribution is 2.21. The van der Waals surface area contributed by atoms with Crippen LogP contribution in [-0.2, 0) is 10.0 Å². The summed E-state index contributed by atoms with van der Waals surface area (Å²) in [5.41, 5.74) is 0.496. The van der Waals surface area contributed by atoms with Gasteiger partial charge in [-0.15, -0.1) is 0 Å². The van der Waals surface area contributed by atoms with Gasteiger partial charge in [0.15, 0.2) is 0 Å². The van der Waals surface area contributed by atoms with Gasteiger partial charge in [-0.1, -0.05) is 6.07 Å². The second-order valence-corrected chi connectivity index (χ2v) is 8.40. The monoisotopic (exact) mass is 355 g/mol. The van der Waals surface area contributed by atoms with Gasteiger partial charge in [0.25, 0.3) is 5.91 Å². The number of nitrogens with zero attached hydrogens (tertiary/aromatic N) is 2. The molecule has 0 spiro atoms. The van der Waals surface area contributed by atoms with Gasteiger partial charge in [0.2, 0.25) is 10.0 Å². The van der Waals surface area contributed by atoms with E-state index in [0.29, 0.717) is 30.9 Å². The molecule has 1 saturated heterocycles. The van der Waals surface area contributed by atoms with Gasteiger partial charge in [0, 0.05) is 37.2 Å². The van der Waals surface area contributed by atoms with Crippen molar-refractivity contribution < 1.29 is 17.9 Å². The maximum atomic E-state index is 12.5. The molecule has 2 rings (SSSR count). The fourth-order valence-electron chi connectivity index (χ4n) is 2.94. The third-order valence-electron chi connectivity index (χ3n) is 4.12. The van der Waals surface area contributed by atoms with Gasteiger partial charge < -0.3 is 15.0 Å².